The van der Waals surface area contributed by atoms with Crippen LogP contribution in [0.2, 0.25) is 0 Å². The van der Waals surface area contributed by atoms with E-state index in [2.05, 4.69) is 61.5 Å². The van der Waals surface area contributed by atoms with Crippen LogP contribution in [0.5, 0.6) is 0 Å². The summed E-state index contributed by atoms with van der Waals surface area (Å²) in [7, 11) is 0. The smallest absolute Gasteiger partial charge is 0.255 e. The lowest BCUT2D eigenvalue weighted by Crippen LogP contribution is -2.16. The summed E-state index contributed by atoms with van der Waals surface area (Å²) >= 11 is 1.39. The van der Waals surface area contributed by atoms with Crippen LogP contribution < -0.4 is 10.6 Å². The molecule has 1 heterocycles. The summed E-state index contributed by atoms with van der Waals surface area (Å²) in [4.78, 5) is 30.4. The van der Waals surface area contributed by atoms with E-state index >= 15 is 0 Å². The Morgan fingerprint density at radius 1 is 1.03 bits per heavy atom. The number of hydrogen-bond acceptors (Lipinski definition) is 4. The van der Waals surface area contributed by atoms with Gasteiger partial charge in [-0.2, -0.15) is 0 Å². The van der Waals surface area contributed by atoms with Gasteiger partial charge in [0.15, 0.2) is 5.13 Å². The van der Waals surface area contributed by atoms with E-state index in [1.54, 1.807) is 6.07 Å². The number of thiazole rings is 1. The van der Waals surface area contributed by atoms with Gasteiger partial charge in [0.25, 0.3) is 5.91 Å². The number of benzene rings is 2. The summed E-state index contributed by atoms with van der Waals surface area (Å²) in [6, 6.07) is 9.57. The van der Waals surface area contributed by atoms with Crippen molar-refractivity contribution in [3.63, 3.8) is 0 Å². The number of aromatic nitrogens is 1. The van der Waals surface area contributed by atoms with Crippen LogP contribution in [0.15, 0.2) is 42.0 Å². The number of aryl methyl sites for hydroxylation is 3. The van der Waals surface area contributed by atoms with Crippen molar-refractivity contribution < 1.29 is 9.59 Å². The predicted octanol–water partition coefficient (Wildman–Crippen LogP) is 6.65. The van der Waals surface area contributed by atoms with Crippen LogP contribution in [0.4, 0.5) is 10.8 Å². The molecule has 0 saturated heterocycles. The highest BCUT2D eigenvalue weighted by Crippen LogP contribution is 2.59. The second-order valence-electron chi connectivity index (χ2n) is 9.99. The van der Waals surface area contributed by atoms with Crippen LogP contribution in [-0.4, -0.2) is 16.8 Å². The van der Waals surface area contributed by atoms with Gasteiger partial charge < -0.3 is 10.6 Å². The molecule has 0 radical (unpaired) electrons. The summed E-state index contributed by atoms with van der Waals surface area (Å²) in [5.74, 6) is 0.0441. The molecule has 2 N–H and O–H groups in total. The zero-order valence-corrected chi connectivity index (χ0v) is 21.1. The largest absolute Gasteiger partial charge is 0.322 e. The molecule has 1 saturated carbocycles. The van der Waals surface area contributed by atoms with Crippen molar-refractivity contribution in [3.05, 3.63) is 64.2 Å². The molecule has 172 valence electrons. The van der Waals surface area contributed by atoms with Crippen molar-refractivity contribution in [1.29, 1.82) is 0 Å². The first kappa shape index (κ1) is 23.2. The van der Waals surface area contributed by atoms with Gasteiger partial charge in [-0.25, -0.2) is 4.98 Å². The molecule has 0 aliphatic heterocycles. The molecule has 0 bridgehead atoms. The van der Waals surface area contributed by atoms with Crippen LogP contribution in [0, 0.1) is 38.0 Å². The fraction of sp³-hybridized carbons (Fsp3) is 0.370. The molecule has 1 aliphatic rings. The molecule has 5 nitrogen and oxygen atoms in total. The van der Waals surface area contributed by atoms with Crippen LogP contribution >= 0.6 is 11.3 Å². The number of nitrogens with zero attached hydrogens (tertiary/aromatic N) is 1. The average Bonchev–Trinajstić information content (AvgIpc) is 3.04. The number of fused-ring (bicyclic) bond motifs is 1. The molecule has 2 aromatic carbocycles. The van der Waals surface area contributed by atoms with E-state index in [-0.39, 0.29) is 29.1 Å². The predicted molar refractivity (Wildman–Crippen MR) is 137 cm³/mol. The maximum atomic E-state index is 12.9. The molecule has 3 aromatic rings. The molecule has 33 heavy (non-hydrogen) atoms. The fourth-order valence-corrected chi connectivity index (χ4v) is 5.62. The lowest BCUT2D eigenvalue weighted by molar-refractivity contribution is -0.118. The Hall–Kier alpha value is -2.99. The van der Waals surface area contributed by atoms with E-state index < -0.39 is 0 Å². The summed E-state index contributed by atoms with van der Waals surface area (Å²) in [6.45, 7) is 14.4. The first-order chi connectivity index (χ1) is 15.5. The standard InChI is InChI=1S/C27H31N3O2S/c1-14(2)10-19-22(27(19,6)7)25(32)30-26-28-20-9-8-18(13-21(20)33-26)24(31)29-23-16(4)11-15(3)12-17(23)5/h8-13,19,22H,1-7H3,(H,29,31)(H,28,30,32)/t19-,22-/m1/s1. The van der Waals surface area contributed by atoms with Gasteiger partial charge >= 0.3 is 0 Å². The molecular weight excluding hydrogens is 430 g/mol. The van der Waals surface area contributed by atoms with E-state index in [1.165, 1.54) is 22.5 Å². The molecular formula is C27H31N3O2S. The Morgan fingerprint density at radius 3 is 2.33 bits per heavy atom. The highest BCUT2D eigenvalue weighted by Gasteiger charge is 2.60. The van der Waals surface area contributed by atoms with Crippen molar-refractivity contribution in [3.8, 4) is 0 Å². The second-order valence-corrected chi connectivity index (χ2v) is 11.0. The van der Waals surface area contributed by atoms with Gasteiger partial charge in [0, 0.05) is 11.3 Å². The first-order valence-electron chi connectivity index (χ1n) is 11.2. The molecule has 6 heteroatoms. The average molecular weight is 462 g/mol. The minimum Gasteiger partial charge on any atom is -0.322 e. The molecule has 2 atom stereocenters. The molecule has 0 unspecified atom stereocenters. The Labute approximate surface area is 199 Å². The van der Waals surface area contributed by atoms with Gasteiger partial charge in [-0.3, -0.25) is 9.59 Å². The van der Waals surface area contributed by atoms with E-state index in [0.29, 0.717) is 10.7 Å². The number of carbonyl (C=O) groups is 2. The quantitative estimate of drug-likeness (QED) is 0.418. The first-order valence-corrected chi connectivity index (χ1v) is 12.0. The van der Waals surface area contributed by atoms with E-state index in [1.807, 2.05) is 32.9 Å². The van der Waals surface area contributed by atoms with Crippen molar-refractivity contribution in [1.82, 2.24) is 4.98 Å². The van der Waals surface area contributed by atoms with Crippen LogP contribution in [-0.2, 0) is 4.79 Å². The zero-order valence-electron chi connectivity index (χ0n) is 20.3. The third-order valence-corrected chi connectivity index (χ3v) is 7.44. The normalized spacial score (nSPS) is 18.6. The van der Waals surface area contributed by atoms with Gasteiger partial charge in [0.05, 0.1) is 16.1 Å². The number of amides is 2. The Kier molecular flexibility index (Phi) is 5.91. The molecule has 2 amide bonds. The fourth-order valence-electron chi connectivity index (χ4n) is 4.71. The van der Waals surface area contributed by atoms with Crippen molar-refractivity contribution in [2.45, 2.75) is 48.5 Å². The third kappa shape index (κ3) is 4.58. The third-order valence-electron chi connectivity index (χ3n) is 6.50. The monoisotopic (exact) mass is 461 g/mol. The van der Waals surface area contributed by atoms with Crippen LogP contribution in [0.1, 0.15) is 54.7 Å². The van der Waals surface area contributed by atoms with Crippen LogP contribution in [0.3, 0.4) is 0 Å². The summed E-state index contributed by atoms with van der Waals surface area (Å²) in [5, 5.41) is 6.61. The Bertz CT molecular complexity index is 1270. The Balaban J connectivity index is 1.51. The number of carbonyl (C=O) groups excluding carboxylic acids is 2. The van der Waals surface area contributed by atoms with Gasteiger partial charge in [-0.1, -0.05) is 54.5 Å². The number of rotatable bonds is 5. The molecule has 0 spiro atoms. The van der Waals surface area contributed by atoms with E-state index in [0.717, 1.165) is 27.0 Å². The molecule has 4 rings (SSSR count). The number of hydrogen-bond donors (Lipinski definition) is 2. The number of anilines is 2. The van der Waals surface area contributed by atoms with Gasteiger partial charge in [0.2, 0.25) is 5.91 Å². The summed E-state index contributed by atoms with van der Waals surface area (Å²) in [5.41, 5.74) is 6.62. The lowest BCUT2D eigenvalue weighted by Gasteiger charge is -2.12. The SMILES string of the molecule is CC(C)=C[C@@H]1[C@H](C(=O)Nc2nc3ccc(C(=O)Nc4c(C)cc(C)cc4C)cc3s2)C1(C)C. The topological polar surface area (TPSA) is 71.1 Å². The lowest BCUT2D eigenvalue weighted by atomic mass is 10.0. The van der Waals surface area contributed by atoms with E-state index in [9.17, 15) is 9.59 Å². The molecule has 1 aliphatic carbocycles. The van der Waals surface area contributed by atoms with Gasteiger partial charge in [-0.15, -0.1) is 0 Å². The zero-order chi connectivity index (χ0) is 24.1. The molecule has 1 aromatic heterocycles. The second kappa shape index (κ2) is 8.41. The summed E-state index contributed by atoms with van der Waals surface area (Å²) in [6.07, 6.45) is 2.19. The minimum atomic E-state index is -0.157. The van der Waals surface area contributed by atoms with Gasteiger partial charge in [0.1, 0.15) is 0 Å². The number of allylic oxidation sites excluding steroid dienone is 2. The summed E-state index contributed by atoms with van der Waals surface area (Å²) < 4.78 is 0.867. The van der Waals surface area contributed by atoms with Crippen molar-refractivity contribution in [2.24, 2.45) is 17.3 Å². The van der Waals surface area contributed by atoms with E-state index in [4.69, 9.17) is 0 Å². The maximum Gasteiger partial charge on any atom is 0.255 e. The maximum absolute atomic E-state index is 12.9. The van der Waals surface area contributed by atoms with Crippen LogP contribution in [0.25, 0.3) is 10.2 Å². The Morgan fingerprint density at radius 2 is 1.70 bits per heavy atom. The highest BCUT2D eigenvalue weighted by molar-refractivity contribution is 7.22. The number of nitrogens with one attached hydrogen (secondary N) is 2. The van der Waals surface area contributed by atoms with Crippen molar-refractivity contribution in [2.75, 3.05) is 10.6 Å². The van der Waals surface area contributed by atoms with Crippen molar-refractivity contribution >= 4 is 44.2 Å². The molecule has 1 fully saturated rings. The minimum absolute atomic E-state index is 0.00449. The highest BCUT2D eigenvalue weighted by atomic mass is 32.1. The van der Waals surface area contributed by atoms with Gasteiger partial charge in [-0.05, 0) is 75.3 Å².